The molecule has 1 aromatic heterocycles. The molecule has 126 valence electrons. The van der Waals surface area contributed by atoms with E-state index in [4.69, 9.17) is 11.6 Å². The van der Waals surface area contributed by atoms with Gasteiger partial charge < -0.3 is 5.32 Å². The molecule has 2 aromatic carbocycles. The van der Waals surface area contributed by atoms with Gasteiger partial charge in [-0.2, -0.15) is 5.10 Å². The summed E-state index contributed by atoms with van der Waals surface area (Å²) in [6.45, 7) is 0.662. The van der Waals surface area contributed by atoms with Crippen molar-refractivity contribution in [2.45, 2.75) is 6.54 Å². The molecule has 0 bridgehead atoms. The molecule has 0 aliphatic carbocycles. The van der Waals surface area contributed by atoms with Crippen molar-refractivity contribution in [2.24, 2.45) is 0 Å². The maximum Gasteiger partial charge on any atom is 0.248 e. The van der Waals surface area contributed by atoms with Crippen molar-refractivity contribution in [3.63, 3.8) is 0 Å². The summed E-state index contributed by atoms with van der Waals surface area (Å²) in [5.74, 6) is -0.862. The highest BCUT2D eigenvalue weighted by atomic mass is 35.5. The first kappa shape index (κ1) is 16.9. The lowest BCUT2D eigenvalue weighted by Crippen LogP contribution is -2.07. The second-order valence-corrected chi connectivity index (χ2v) is 5.82. The normalized spacial score (nSPS) is 11.0. The molecule has 3 rings (SSSR count). The zero-order chi connectivity index (χ0) is 17.6. The molecule has 0 aliphatic heterocycles. The topological polar surface area (TPSA) is 46.9 Å². The van der Waals surface area contributed by atoms with Crippen LogP contribution >= 0.6 is 11.6 Å². The third kappa shape index (κ3) is 4.78. The van der Waals surface area contributed by atoms with Gasteiger partial charge in [-0.25, -0.2) is 4.39 Å². The summed E-state index contributed by atoms with van der Waals surface area (Å²) in [5, 5.41) is 6.85. The lowest BCUT2D eigenvalue weighted by molar-refractivity contribution is -0.111. The first-order valence-corrected chi connectivity index (χ1v) is 7.98. The van der Waals surface area contributed by atoms with Gasteiger partial charge >= 0.3 is 0 Å². The third-order valence-electron chi connectivity index (χ3n) is 3.45. The van der Waals surface area contributed by atoms with Crippen LogP contribution in [0.15, 0.2) is 67.0 Å². The lowest BCUT2D eigenvalue weighted by atomic mass is 10.2. The van der Waals surface area contributed by atoms with Crippen LogP contribution < -0.4 is 5.32 Å². The Morgan fingerprint density at radius 1 is 1.24 bits per heavy atom. The Bertz CT molecular complexity index is 906. The minimum absolute atomic E-state index is 0.0380. The number of amides is 1. The average molecular weight is 356 g/mol. The van der Waals surface area contributed by atoms with E-state index >= 15 is 0 Å². The number of hydrogen-bond donors (Lipinski definition) is 1. The molecule has 0 radical (unpaired) electrons. The highest BCUT2D eigenvalue weighted by Crippen LogP contribution is 2.19. The fourth-order valence-corrected chi connectivity index (χ4v) is 2.43. The Labute approximate surface area is 149 Å². The molecule has 3 aromatic rings. The van der Waals surface area contributed by atoms with Crippen LogP contribution in [0.25, 0.3) is 6.08 Å². The number of hydrogen-bond acceptors (Lipinski definition) is 2. The highest BCUT2D eigenvalue weighted by Gasteiger charge is 2.03. The van der Waals surface area contributed by atoms with Crippen molar-refractivity contribution in [1.29, 1.82) is 0 Å². The quantitative estimate of drug-likeness (QED) is 0.690. The molecule has 0 atom stereocenters. The van der Waals surface area contributed by atoms with E-state index in [1.165, 1.54) is 24.3 Å². The molecule has 1 amide bonds. The number of carbonyl (C=O) groups is 1. The molecule has 1 heterocycles. The van der Waals surface area contributed by atoms with Crippen molar-refractivity contribution in [3.05, 3.63) is 89.0 Å². The lowest BCUT2D eigenvalue weighted by Gasteiger charge is -2.02. The van der Waals surface area contributed by atoms with Gasteiger partial charge in [0.05, 0.1) is 17.8 Å². The van der Waals surface area contributed by atoms with E-state index in [0.717, 1.165) is 11.1 Å². The fraction of sp³-hybridized carbons (Fsp3) is 0.0526. The number of halogens is 2. The maximum absolute atomic E-state index is 13.1. The van der Waals surface area contributed by atoms with Gasteiger partial charge in [-0.1, -0.05) is 41.9 Å². The predicted molar refractivity (Wildman–Crippen MR) is 96.8 cm³/mol. The van der Waals surface area contributed by atoms with Crippen LogP contribution in [0.5, 0.6) is 0 Å². The molecule has 4 nitrogen and oxygen atoms in total. The van der Waals surface area contributed by atoms with Gasteiger partial charge in [-0.15, -0.1) is 0 Å². The first-order chi connectivity index (χ1) is 12.1. The fourth-order valence-electron chi connectivity index (χ4n) is 2.25. The van der Waals surface area contributed by atoms with Gasteiger partial charge in [-0.3, -0.25) is 9.48 Å². The van der Waals surface area contributed by atoms with Gasteiger partial charge in [0.15, 0.2) is 0 Å². The van der Waals surface area contributed by atoms with Gasteiger partial charge in [-0.05, 0) is 29.8 Å². The first-order valence-electron chi connectivity index (χ1n) is 7.61. The number of benzene rings is 2. The smallest absolute Gasteiger partial charge is 0.248 e. The minimum Gasteiger partial charge on any atom is -0.322 e. The van der Waals surface area contributed by atoms with Crippen LogP contribution in [-0.2, 0) is 11.3 Å². The monoisotopic (exact) mass is 355 g/mol. The van der Waals surface area contributed by atoms with Gasteiger partial charge in [0.1, 0.15) is 5.82 Å². The van der Waals surface area contributed by atoms with E-state index in [0.29, 0.717) is 12.2 Å². The van der Waals surface area contributed by atoms with E-state index in [1.807, 2.05) is 36.5 Å². The molecular weight excluding hydrogens is 341 g/mol. The summed E-state index contributed by atoms with van der Waals surface area (Å²) in [5.41, 5.74) is 2.39. The van der Waals surface area contributed by atoms with Crippen molar-refractivity contribution < 1.29 is 9.18 Å². The van der Waals surface area contributed by atoms with E-state index in [2.05, 4.69) is 10.4 Å². The van der Waals surface area contributed by atoms with Gasteiger partial charge in [0.2, 0.25) is 5.91 Å². The molecule has 0 saturated carbocycles. The molecule has 0 aliphatic rings. The zero-order valence-corrected chi connectivity index (χ0v) is 13.9. The average Bonchev–Trinajstić information content (AvgIpc) is 3.05. The van der Waals surface area contributed by atoms with Crippen LogP contribution in [0.1, 0.15) is 11.1 Å². The van der Waals surface area contributed by atoms with E-state index < -0.39 is 5.82 Å². The van der Waals surface area contributed by atoms with Gasteiger partial charge in [0, 0.05) is 23.5 Å². The molecule has 6 heteroatoms. The number of rotatable bonds is 5. The summed E-state index contributed by atoms with van der Waals surface area (Å²) < 4.78 is 14.9. The van der Waals surface area contributed by atoms with E-state index in [1.54, 1.807) is 17.0 Å². The van der Waals surface area contributed by atoms with E-state index in [-0.39, 0.29) is 10.9 Å². The van der Waals surface area contributed by atoms with Gasteiger partial charge in [0.25, 0.3) is 0 Å². The number of nitrogens with zero attached hydrogens (tertiary/aromatic N) is 2. The number of aromatic nitrogens is 2. The standard InChI is InChI=1S/C19H15ClFN3O/c20-17-10-16(7-8-18(17)21)23-19(25)9-6-15-11-22-24(13-15)12-14-4-2-1-3-5-14/h1-11,13H,12H2,(H,23,25)/b9-6+. The molecule has 0 fully saturated rings. The minimum atomic E-state index is -0.527. The predicted octanol–water partition coefficient (Wildman–Crippen LogP) is 4.38. The van der Waals surface area contributed by atoms with Crippen molar-refractivity contribution in [2.75, 3.05) is 5.32 Å². The number of anilines is 1. The van der Waals surface area contributed by atoms with Crippen LogP contribution in [-0.4, -0.2) is 15.7 Å². The van der Waals surface area contributed by atoms with E-state index in [9.17, 15) is 9.18 Å². The number of nitrogens with one attached hydrogen (secondary N) is 1. The Morgan fingerprint density at radius 2 is 2.04 bits per heavy atom. The van der Waals surface area contributed by atoms with Crippen LogP contribution in [0.4, 0.5) is 10.1 Å². The molecule has 0 spiro atoms. The highest BCUT2D eigenvalue weighted by molar-refractivity contribution is 6.31. The van der Waals surface area contributed by atoms with Crippen molar-refractivity contribution in [3.8, 4) is 0 Å². The van der Waals surface area contributed by atoms with Crippen LogP contribution in [0.2, 0.25) is 5.02 Å². The summed E-state index contributed by atoms with van der Waals surface area (Å²) in [6.07, 6.45) is 6.59. The van der Waals surface area contributed by atoms with Crippen LogP contribution in [0.3, 0.4) is 0 Å². The Hall–Kier alpha value is -2.92. The number of carbonyl (C=O) groups excluding carboxylic acids is 1. The second-order valence-electron chi connectivity index (χ2n) is 5.41. The molecule has 0 saturated heterocycles. The zero-order valence-electron chi connectivity index (χ0n) is 13.2. The largest absolute Gasteiger partial charge is 0.322 e. The Morgan fingerprint density at radius 3 is 2.80 bits per heavy atom. The summed E-state index contributed by atoms with van der Waals surface area (Å²) in [6, 6.07) is 14.0. The SMILES string of the molecule is O=C(/C=C/c1cnn(Cc2ccccc2)c1)Nc1ccc(F)c(Cl)c1. The van der Waals surface area contributed by atoms with Crippen LogP contribution in [0, 0.1) is 5.82 Å². The summed E-state index contributed by atoms with van der Waals surface area (Å²) >= 11 is 5.68. The van der Waals surface area contributed by atoms with Crippen molar-refractivity contribution >= 4 is 29.3 Å². The maximum atomic E-state index is 13.1. The molecular formula is C19H15ClFN3O. The Balaban J connectivity index is 1.60. The molecule has 1 N–H and O–H groups in total. The molecule has 0 unspecified atom stereocenters. The molecule has 25 heavy (non-hydrogen) atoms. The summed E-state index contributed by atoms with van der Waals surface area (Å²) in [7, 11) is 0. The Kier molecular flexibility index (Phi) is 5.26. The second kappa shape index (κ2) is 7.77. The van der Waals surface area contributed by atoms with Crippen molar-refractivity contribution in [1.82, 2.24) is 9.78 Å². The summed E-state index contributed by atoms with van der Waals surface area (Å²) in [4.78, 5) is 11.9. The third-order valence-corrected chi connectivity index (χ3v) is 3.74.